The van der Waals surface area contributed by atoms with E-state index < -0.39 is 11.7 Å². The molecule has 0 heterocycles. The van der Waals surface area contributed by atoms with Crippen LogP contribution in [0.4, 0.5) is 10.1 Å². The van der Waals surface area contributed by atoms with E-state index in [2.05, 4.69) is 5.32 Å². The van der Waals surface area contributed by atoms with Crippen LogP contribution in [-0.2, 0) is 6.42 Å². The Morgan fingerprint density at radius 2 is 1.95 bits per heavy atom. The van der Waals surface area contributed by atoms with Crippen molar-refractivity contribution < 1.29 is 9.18 Å². The maximum Gasteiger partial charge on any atom is 0.258 e. The van der Waals surface area contributed by atoms with Crippen molar-refractivity contribution in [3.8, 4) is 0 Å². The molecular formula is C16H16FNO. The summed E-state index contributed by atoms with van der Waals surface area (Å²) < 4.78 is 13.8. The first-order valence-electron chi connectivity index (χ1n) is 6.27. The summed E-state index contributed by atoms with van der Waals surface area (Å²) in [5, 5.41) is 2.72. The van der Waals surface area contributed by atoms with Gasteiger partial charge in [-0.25, -0.2) is 4.39 Å². The number of halogens is 1. The van der Waals surface area contributed by atoms with E-state index in [0.29, 0.717) is 11.3 Å². The number of carbonyl (C=O) groups excluding carboxylic acids is 1. The van der Waals surface area contributed by atoms with Crippen LogP contribution < -0.4 is 5.32 Å². The summed E-state index contributed by atoms with van der Waals surface area (Å²) in [5.74, 6) is -0.888. The second-order valence-corrected chi connectivity index (χ2v) is 4.44. The molecule has 0 bridgehead atoms. The number of rotatable bonds is 3. The van der Waals surface area contributed by atoms with Crippen LogP contribution in [0.25, 0.3) is 0 Å². The molecule has 0 spiro atoms. The predicted octanol–water partition coefficient (Wildman–Crippen LogP) is 3.95. The molecule has 0 saturated heterocycles. The van der Waals surface area contributed by atoms with Gasteiger partial charge in [0.15, 0.2) is 0 Å². The van der Waals surface area contributed by atoms with Crippen molar-refractivity contribution in [2.24, 2.45) is 0 Å². The highest BCUT2D eigenvalue weighted by Gasteiger charge is 2.13. The maximum atomic E-state index is 13.8. The number of anilines is 1. The third kappa shape index (κ3) is 2.99. The van der Waals surface area contributed by atoms with Gasteiger partial charge in [-0.15, -0.1) is 0 Å². The molecule has 0 atom stereocenters. The molecule has 1 N–H and O–H groups in total. The van der Waals surface area contributed by atoms with Gasteiger partial charge in [0.1, 0.15) is 5.82 Å². The fourth-order valence-corrected chi connectivity index (χ4v) is 1.89. The van der Waals surface area contributed by atoms with E-state index >= 15 is 0 Å². The first-order valence-corrected chi connectivity index (χ1v) is 6.27. The predicted molar refractivity (Wildman–Crippen MR) is 74.9 cm³/mol. The van der Waals surface area contributed by atoms with Crippen molar-refractivity contribution in [3.63, 3.8) is 0 Å². The quantitative estimate of drug-likeness (QED) is 0.886. The van der Waals surface area contributed by atoms with Crippen molar-refractivity contribution in [3.05, 3.63) is 65.0 Å². The smallest absolute Gasteiger partial charge is 0.258 e. The molecule has 0 aliphatic carbocycles. The topological polar surface area (TPSA) is 29.1 Å². The average molecular weight is 257 g/mol. The minimum absolute atomic E-state index is 0.0712. The van der Waals surface area contributed by atoms with Crippen LogP contribution in [0.15, 0.2) is 42.5 Å². The molecule has 0 unspecified atom stereocenters. The van der Waals surface area contributed by atoms with Crippen molar-refractivity contribution in [1.82, 2.24) is 0 Å². The van der Waals surface area contributed by atoms with E-state index in [9.17, 15) is 9.18 Å². The van der Waals surface area contributed by atoms with E-state index in [1.165, 1.54) is 6.07 Å². The molecular weight excluding hydrogens is 241 g/mol. The molecule has 98 valence electrons. The van der Waals surface area contributed by atoms with Gasteiger partial charge in [-0.3, -0.25) is 4.79 Å². The zero-order valence-electron chi connectivity index (χ0n) is 11.0. The van der Waals surface area contributed by atoms with Crippen molar-refractivity contribution in [2.45, 2.75) is 20.3 Å². The highest BCUT2D eigenvalue weighted by Crippen LogP contribution is 2.16. The number of hydrogen-bond donors (Lipinski definition) is 1. The van der Waals surface area contributed by atoms with Crippen LogP contribution >= 0.6 is 0 Å². The minimum Gasteiger partial charge on any atom is -0.322 e. The van der Waals surface area contributed by atoms with Crippen molar-refractivity contribution in [2.75, 3.05) is 5.32 Å². The van der Waals surface area contributed by atoms with E-state index in [-0.39, 0.29) is 5.56 Å². The van der Waals surface area contributed by atoms with E-state index in [1.807, 2.05) is 25.1 Å². The molecule has 0 aromatic heterocycles. The minimum atomic E-state index is -0.466. The summed E-state index contributed by atoms with van der Waals surface area (Å²) >= 11 is 0. The van der Waals surface area contributed by atoms with Gasteiger partial charge in [0.25, 0.3) is 5.91 Å². The first-order chi connectivity index (χ1) is 9.11. The molecule has 0 fully saturated rings. The Balaban J connectivity index is 2.23. The largest absolute Gasteiger partial charge is 0.322 e. The standard InChI is InChI=1S/C16H16FNO/c1-3-12-7-5-8-13(10-12)18-16(19)14-9-4-6-11(2)15(14)17/h4-10H,3H2,1-2H3,(H,18,19). The third-order valence-corrected chi connectivity index (χ3v) is 3.03. The van der Waals surface area contributed by atoms with Gasteiger partial charge in [-0.05, 0) is 42.7 Å². The third-order valence-electron chi connectivity index (χ3n) is 3.03. The number of carbonyl (C=O) groups is 1. The normalized spacial score (nSPS) is 10.3. The van der Waals surface area contributed by atoms with Crippen LogP contribution in [0.1, 0.15) is 28.4 Å². The summed E-state index contributed by atoms with van der Waals surface area (Å²) in [5.41, 5.74) is 2.35. The van der Waals surface area contributed by atoms with Crippen molar-refractivity contribution >= 4 is 11.6 Å². The van der Waals surface area contributed by atoms with Crippen LogP contribution in [-0.4, -0.2) is 5.91 Å². The van der Waals surface area contributed by atoms with Gasteiger partial charge in [0, 0.05) is 5.69 Å². The molecule has 0 aliphatic rings. The fourth-order valence-electron chi connectivity index (χ4n) is 1.89. The summed E-state index contributed by atoms with van der Waals surface area (Å²) in [6.07, 6.45) is 0.891. The molecule has 2 aromatic rings. The van der Waals surface area contributed by atoms with Crippen molar-refractivity contribution in [1.29, 1.82) is 0 Å². The van der Waals surface area contributed by atoms with Gasteiger partial charge >= 0.3 is 0 Å². The number of benzene rings is 2. The van der Waals surface area contributed by atoms with Gasteiger partial charge in [0.05, 0.1) is 5.56 Å². The van der Waals surface area contributed by atoms with Gasteiger partial charge in [-0.1, -0.05) is 31.2 Å². The SMILES string of the molecule is CCc1cccc(NC(=O)c2cccc(C)c2F)c1. The summed E-state index contributed by atoms with van der Waals surface area (Å²) in [6.45, 7) is 3.69. The second-order valence-electron chi connectivity index (χ2n) is 4.44. The van der Waals surface area contributed by atoms with Gasteiger partial charge in [0.2, 0.25) is 0 Å². The van der Waals surface area contributed by atoms with Crippen LogP contribution in [0, 0.1) is 12.7 Å². The molecule has 0 saturated carbocycles. The molecule has 1 amide bonds. The Morgan fingerprint density at radius 3 is 2.68 bits per heavy atom. The Bertz CT molecular complexity index is 607. The lowest BCUT2D eigenvalue weighted by molar-refractivity contribution is 0.102. The number of nitrogens with one attached hydrogen (secondary N) is 1. The van der Waals surface area contributed by atoms with E-state index in [1.54, 1.807) is 25.1 Å². The Labute approximate surface area is 112 Å². The lowest BCUT2D eigenvalue weighted by atomic mass is 10.1. The highest BCUT2D eigenvalue weighted by atomic mass is 19.1. The molecule has 3 heteroatoms. The summed E-state index contributed by atoms with van der Waals surface area (Å²) in [6, 6.07) is 12.4. The van der Waals surface area contributed by atoms with Gasteiger partial charge < -0.3 is 5.32 Å². The monoisotopic (exact) mass is 257 g/mol. The molecule has 0 aliphatic heterocycles. The molecule has 19 heavy (non-hydrogen) atoms. The molecule has 2 aromatic carbocycles. The molecule has 0 radical (unpaired) electrons. The average Bonchev–Trinajstić information content (AvgIpc) is 2.42. The Hall–Kier alpha value is -2.16. The second kappa shape index (κ2) is 5.65. The Morgan fingerprint density at radius 1 is 1.21 bits per heavy atom. The molecule has 2 rings (SSSR count). The van der Waals surface area contributed by atoms with Crippen LogP contribution in [0.5, 0.6) is 0 Å². The number of hydrogen-bond acceptors (Lipinski definition) is 1. The molecule has 2 nitrogen and oxygen atoms in total. The van der Waals surface area contributed by atoms with E-state index in [0.717, 1.165) is 12.0 Å². The van der Waals surface area contributed by atoms with Gasteiger partial charge in [-0.2, -0.15) is 0 Å². The fraction of sp³-hybridized carbons (Fsp3) is 0.188. The zero-order valence-corrected chi connectivity index (χ0v) is 11.0. The van der Waals surface area contributed by atoms with Crippen LogP contribution in [0.2, 0.25) is 0 Å². The lowest BCUT2D eigenvalue weighted by Gasteiger charge is -2.08. The van der Waals surface area contributed by atoms with Crippen LogP contribution in [0.3, 0.4) is 0 Å². The highest BCUT2D eigenvalue weighted by molar-refractivity contribution is 6.04. The lowest BCUT2D eigenvalue weighted by Crippen LogP contribution is -2.14. The van der Waals surface area contributed by atoms with E-state index in [4.69, 9.17) is 0 Å². The summed E-state index contributed by atoms with van der Waals surface area (Å²) in [4.78, 5) is 12.0. The summed E-state index contributed by atoms with van der Waals surface area (Å²) in [7, 11) is 0. The number of amides is 1. The Kier molecular flexibility index (Phi) is 3.95. The zero-order chi connectivity index (χ0) is 13.8. The first kappa shape index (κ1) is 13.3. The number of aryl methyl sites for hydroxylation is 2. The maximum absolute atomic E-state index is 13.8.